The quantitative estimate of drug-likeness (QED) is 0.744. The van der Waals surface area contributed by atoms with Gasteiger partial charge in [0.25, 0.3) is 5.91 Å². The van der Waals surface area contributed by atoms with E-state index in [1.54, 1.807) is 17.4 Å². The summed E-state index contributed by atoms with van der Waals surface area (Å²) < 4.78 is 1.05. The van der Waals surface area contributed by atoms with Gasteiger partial charge in [-0.15, -0.1) is 22.7 Å². The Labute approximate surface area is 141 Å². The van der Waals surface area contributed by atoms with E-state index in [0.29, 0.717) is 11.4 Å². The van der Waals surface area contributed by atoms with Crippen molar-refractivity contribution in [1.29, 1.82) is 0 Å². The summed E-state index contributed by atoms with van der Waals surface area (Å²) >= 11 is 2.97. The molecule has 0 aliphatic carbocycles. The zero-order chi connectivity index (χ0) is 16.2. The van der Waals surface area contributed by atoms with Crippen LogP contribution in [0.4, 0.5) is 5.69 Å². The molecule has 2 heterocycles. The first-order valence-corrected chi connectivity index (χ1v) is 8.80. The molecule has 0 spiro atoms. The highest BCUT2D eigenvalue weighted by molar-refractivity contribution is 7.18. The molecule has 2 aromatic heterocycles. The van der Waals surface area contributed by atoms with Crippen LogP contribution in [-0.2, 0) is 4.79 Å². The fraction of sp³-hybridized carbons (Fsp3) is 0.188. The molecule has 3 rings (SSSR count). The van der Waals surface area contributed by atoms with E-state index in [9.17, 15) is 9.59 Å². The summed E-state index contributed by atoms with van der Waals surface area (Å²) in [7, 11) is 0. The van der Waals surface area contributed by atoms with Crippen molar-refractivity contribution >= 4 is 50.4 Å². The van der Waals surface area contributed by atoms with Crippen molar-refractivity contribution in [2.75, 3.05) is 11.9 Å². The van der Waals surface area contributed by atoms with Gasteiger partial charge in [0.05, 0.1) is 20.1 Å². The summed E-state index contributed by atoms with van der Waals surface area (Å²) in [5.74, 6) is -0.272. The van der Waals surface area contributed by atoms with Crippen molar-refractivity contribution < 1.29 is 9.59 Å². The number of carbonyl (C=O) groups excluding carboxylic acids is 2. The first-order valence-electron chi connectivity index (χ1n) is 7.10. The third-order valence-electron chi connectivity index (χ3n) is 3.16. The summed E-state index contributed by atoms with van der Waals surface area (Å²) in [5, 5.41) is 8.43. The first-order chi connectivity index (χ1) is 11.1. The predicted octanol–water partition coefficient (Wildman–Crippen LogP) is 3.42. The number of carbonyl (C=O) groups is 2. The lowest BCUT2D eigenvalue weighted by Crippen LogP contribution is -2.27. The third-order valence-corrected chi connectivity index (χ3v) is 4.96. The summed E-state index contributed by atoms with van der Waals surface area (Å²) in [5.41, 5.74) is 1.68. The second kappa shape index (κ2) is 6.89. The number of amides is 2. The monoisotopic (exact) mass is 345 g/mol. The van der Waals surface area contributed by atoms with E-state index in [2.05, 4.69) is 15.6 Å². The molecule has 0 bridgehead atoms. The molecule has 118 valence electrons. The maximum Gasteiger partial charge on any atom is 0.261 e. The summed E-state index contributed by atoms with van der Waals surface area (Å²) in [6, 6.07) is 9.23. The second-order valence-electron chi connectivity index (χ2n) is 4.95. The van der Waals surface area contributed by atoms with Crippen molar-refractivity contribution in [2.45, 2.75) is 13.3 Å². The number of anilines is 1. The highest BCUT2D eigenvalue weighted by Crippen LogP contribution is 2.24. The highest BCUT2D eigenvalue weighted by atomic mass is 32.1. The fourth-order valence-electron chi connectivity index (χ4n) is 2.13. The Morgan fingerprint density at radius 1 is 1.26 bits per heavy atom. The lowest BCUT2D eigenvalue weighted by Gasteiger charge is -2.06. The fourth-order valence-corrected chi connectivity index (χ4v) is 3.63. The van der Waals surface area contributed by atoms with E-state index in [0.717, 1.165) is 20.9 Å². The number of aryl methyl sites for hydroxylation is 1. The summed E-state index contributed by atoms with van der Waals surface area (Å²) in [4.78, 5) is 28.7. The molecule has 0 aliphatic rings. The van der Waals surface area contributed by atoms with E-state index in [1.807, 2.05) is 36.6 Å². The average molecular weight is 345 g/mol. The molecule has 1 aromatic carbocycles. The van der Waals surface area contributed by atoms with Crippen molar-refractivity contribution in [2.24, 2.45) is 0 Å². The Balaban J connectivity index is 1.51. The van der Waals surface area contributed by atoms with Gasteiger partial charge in [-0.1, -0.05) is 6.07 Å². The smallest absolute Gasteiger partial charge is 0.261 e. The predicted molar refractivity (Wildman–Crippen MR) is 94.3 cm³/mol. The maximum absolute atomic E-state index is 11.9. The van der Waals surface area contributed by atoms with Crippen molar-refractivity contribution in [3.8, 4) is 0 Å². The molecule has 2 amide bonds. The van der Waals surface area contributed by atoms with Crippen molar-refractivity contribution in [3.63, 3.8) is 0 Å². The molecule has 0 fully saturated rings. The summed E-state index contributed by atoms with van der Waals surface area (Å²) in [6.07, 6.45) is 0.233. The minimum Gasteiger partial charge on any atom is -0.351 e. The molecular weight excluding hydrogens is 330 g/mol. The van der Waals surface area contributed by atoms with Gasteiger partial charge in [-0.25, -0.2) is 4.98 Å². The number of nitrogens with zero attached hydrogens (tertiary/aromatic N) is 1. The van der Waals surface area contributed by atoms with Crippen LogP contribution < -0.4 is 10.6 Å². The van der Waals surface area contributed by atoms with Crippen LogP contribution in [0.25, 0.3) is 10.2 Å². The number of benzene rings is 1. The molecule has 3 aromatic rings. The minimum atomic E-state index is -0.144. The van der Waals surface area contributed by atoms with Gasteiger partial charge in [0.15, 0.2) is 0 Å². The molecule has 5 nitrogen and oxygen atoms in total. The topological polar surface area (TPSA) is 71.1 Å². The second-order valence-corrected chi connectivity index (χ2v) is 7.13. The Morgan fingerprint density at radius 2 is 2.13 bits per heavy atom. The number of hydrogen-bond donors (Lipinski definition) is 2. The normalized spacial score (nSPS) is 10.7. The van der Waals surface area contributed by atoms with E-state index in [-0.39, 0.29) is 18.2 Å². The van der Waals surface area contributed by atoms with Gasteiger partial charge in [-0.2, -0.15) is 0 Å². The highest BCUT2D eigenvalue weighted by Gasteiger charge is 2.08. The largest absolute Gasteiger partial charge is 0.351 e. The van der Waals surface area contributed by atoms with Gasteiger partial charge in [-0.3, -0.25) is 9.59 Å². The Morgan fingerprint density at radius 3 is 2.91 bits per heavy atom. The molecule has 0 saturated carbocycles. The SMILES string of the molecule is Cc1nc2ccc(NC(=O)CCNC(=O)c3cccs3)cc2s1. The van der Waals surface area contributed by atoms with Crippen LogP contribution in [0.5, 0.6) is 0 Å². The van der Waals surface area contributed by atoms with Crippen LogP contribution in [0, 0.1) is 6.92 Å². The molecule has 0 radical (unpaired) electrons. The Bertz CT molecular complexity index is 840. The Kier molecular flexibility index (Phi) is 4.68. The molecule has 0 aliphatic heterocycles. The minimum absolute atomic E-state index is 0.128. The van der Waals surface area contributed by atoms with Crippen molar-refractivity contribution in [3.05, 3.63) is 45.6 Å². The van der Waals surface area contributed by atoms with Crippen LogP contribution in [0.2, 0.25) is 0 Å². The Hall–Kier alpha value is -2.25. The molecular formula is C16H15N3O2S2. The van der Waals surface area contributed by atoms with Gasteiger partial charge < -0.3 is 10.6 Å². The molecule has 0 atom stereocenters. The van der Waals surface area contributed by atoms with Crippen LogP contribution in [-0.4, -0.2) is 23.3 Å². The third kappa shape index (κ3) is 3.94. The van der Waals surface area contributed by atoms with Gasteiger partial charge in [0.1, 0.15) is 0 Å². The number of thiophene rings is 1. The molecule has 2 N–H and O–H groups in total. The van der Waals surface area contributed by atoms with Gasteiger partial charge in [0.2, 0.25) is 5.91 Å². The van der Waals surface area contributed by atoms with E-state index in [1.165, 1.54) is 11.3 Å². The molecule has 0 saturated heterocycles. The number of aromatic nitrogens is 1. The van der Waals surface area contributed by atoms with Crippen LogP contribution in [0.3, 0.4) is 0 Å². The van der Waals surface area contributed by atoms with Crippen LogP contribution in [0.15, 0.2) is 35.7 Å². The first kappa shape index (κ1) is 15.6. The van der Waals surface area contributed by atoms with Crippen LogP contribution >= 0.6 is 22.7 Å². The average Bonchev–Trinajstić information content (AvgIpc) is 3.15. The number of thiazole rings is 1. The van der Waals surface area contributed by atoms with Crippen molar-refractivity contribution in [1.82, 2.24) is 10.3 Å². The summed E-state index contributed by atoms with van der Waals surface area (Å²) in [6.45, 7) is 2.27. The molecule has 7 heteroatoms. The number of fused-ring (bicyclic) bond motifs is 1. The van der Waals surface area contributed by atoms with Gasteiger partial charge in [0, 0.05) is 18.7 Å². The van der Waals surface area contributed by atoms with E-state index < -0.39 is 0 Å². The van der Waals surface area contributed by atoms with E-state index in [4.69, 9.17) is 0 Å². The number of rotatable bonds is 5. The molecule has 23 heavy (non-hydrogen) atoms. The molecule has 0 unspecified atom stereocenters. The zero-order valence-electron chi connectivity index (χ0n) is 12.5. The van der Waals surface area contributed by atoms with Gasteiger partial charge >= 0.3 is 0 Å². The van der Waals surface area contributed by atoms with E-state index >= 15 is 0 Å². The zero-order valence-corrected chi connectivity index (χ0v) is 14.1. The van der Waals surface area contributed by atoms with Gasteiger partial charge in [-0.05, 0) is 36.6 Å². The van der Waals surface area contributed by atoms with Crippen LogP contribution in [0.1, 0.15) is 21.1 Å². The number of hydrogen-bond acceptors (Lipinski definition) is 5. The number of nitrogens with one attached hydrogen (secondary N) is 2. The lowest BCUT2D eigenvalue weighted by molar-refractivity contribution is -0.116. The standard InChI is InChI=1S/C16H15N3O2S2/c1-10-18-12-5-4-11(9-14(12)23-10)19-15(20)6-7-17-16(21)13-3-2-8-22-13/h2-5,8-9H,6-7H2,1H3,(H,17,21)(H,19,20). The maximum atomic E-state index is 11.9. The lowest BCUT2D eigenvalue weighted by atomic mass is 10.3.